The lowest BCUT2D eigenvalue weighted by Gasteiger charge is -2.10. The van der Waals surface area contributed by atoms with E-state index < -0.39 is 27.3 Å². The maximum atomic E-state index is 12.7. The van der Waals surface area contributed by atoms with Gasteiger partial charge in [0.1, 0.15) is 0 Å². The van der Waals surface area contributed by atoms with Crippen LogP contribution in [0.4, 0.5) is 13.2 Å². The molecule has 0 saturated heterocycles. The van der Waals surface area contributed by atoms with Crippen LogP contribution in [0, 0.1) is 6.92 Å². The first-order valence-electron chi connectivity index (χ1n) is 5.99. The summed E-state index contributed by atoms with van der Waals surface area (Å²) in [6.07, 6.45) is -3.77. The van der Waals surface area contributed by atoms with Gasteiger partial charge in [0.15, 0.2) is 0 Å². The molecule has 1 aromatic carbocycles. The van der Waals surface area contributed by atoms with Crippen LogP contribution in [-0.2, 0) is 16.2 Å². The average Bonchev–Trinajstić information content (AvgIpc) is 2.39. The Hall–Kier alpha value is -2.16. The summed E-state index contributed by atoms with van der Waals surface area (Å²) in [4.78, 5) is 12.2. The fraction of sp³-hybridized carbons (Fsp3) is 0.231. The molecule has 0 radical (unpaired) electrons. The van der Waals surface area contributed by atoms with Gasteiger partial charge in [0.05, 0.1) is 23.1 Å². The van der Waals surface area contributed by atoms with Crippen molar-refractivity contribution < 1.29 is 21.6 Å². The Morgan fingerprint density at radius 2 is 1.82 bits per heavy atom. The van der Waals surface area contributed by atoms with Gasteiger partial charge < -0.3 is 0 Å². The van der Waals surface area contributed by atoms with Gasteiger partial charge in [-0.2, -0.15) is 18.3 Å². The van der Waals surface area contributed by atoms with E-state index >= 15 is 0 Å². The van der Waals surface area contributed by atoms with Crippen LogP contribution in [0.5, 0.6) is 0 Å². The monoisotopic (exact) mass is 332 g/mol. The summed E-state index contributed by atoms with van der Waals surface area (Å²) in [6.45, 7) is 1.44. The Kier molecular flexibility index (Phi) is 3.86. The number of aryl methyl sites for hydroxylation is 1. The third-order valence-electron chi connectivity index (χ3n) is 2.82. The molecule has 22 heavy (non-hydrogen) atoms. The van der Waals surface area contributed by atoms with Crippen molar-refractivity contribution in [2.24, 2.45) is 0 Å². The molecule has 2 aromatic rings. The molecule has 9 heteroatoms. The number of rotatable bonds is 2. The Morgan fingerprint density at radius 3 is 2.36 bits per heavy atom. The van der Waals surface area contributed by atoms with E-state index in [0.717, 1.165) is 24.5 Å². The number of hydrogen-bond acceptors (Lipinski definition) is 4. The van der Waals surface area contributed by atoms with Crippen LogP contribution in [0.3, 0.4) is 0 Å². The highest BCUT2D eigenvalue weighted by atomic mass is 32.2. The molecule has 0 aliphatic heterocycles. The molecule has 5 nitrogen and oxygen atoms in total. The smallest absolute Gasteiger partial charge is 0.266 e. The molecule has 0 aliphatic carbocycles. The SMILES string of the molecule is Cc1cc(-c2cccc(C(F)(F)F)c2)c(=O)n(S(C)(=O)=O)n1. The number of hydrogen-bond donors (Lipinski definition) is 0. The largest absolute Gasteiger partial charge is 0.416 e. The van der Waals surface area contributed by atoms with Crippen LogP contribution in [-0.4, -0.2) is 23.9 Å². The minimum Gasteiger partial charge on any atom is -0.266 e. The van der Waals surface area contributed by atoms with E-state index in [-0.39, 0.29) is 20.9 Å². The molecule has 2 rings (SSSR count). The summed E-state index contributed by atoms with van der Waals surface area (Å²) in [6, 6.07) is 5.37. The number of benzene rings is 1. The molecule has 0 bridgehead atoms. The Morgan fingerprint density at radius 1 is 1.18 bits per heavy atom. The fourth-order valence-electron chi connectivity index (χ4n) is 1.89. The zero-order chi connectivity index (χ0) is 16.7. The first kappa shape index (κ1) is 16.2. The number of aromatic nitrogens is 2. The van der Waals surface area contributed by atoms with Crippen LogP contribution in [0.15, 0.2) is 35.1 Å². The van der Waals surface area contributed by atoms with Crippen LogP contribution >= 0.6 is 0 Å². The highest BCUT2D eigenvalue weighted by Crippen LogP contribution is 2.31. The van der Waals surface area contributed by atoms with Gasteiger partial charge in [-0.15, -0.1) is 4.09 Å². The maximum absolute atomic E-state index is 12.7. The fourth-order valence-corrected chi connectivity index (χ4v) is 2.56. The van der Waals surface area contributed by atoms with E-state index in [1.165, 1.54) is 19.1 Å². The quantitative estimate of drug-likeness (QED) is 0.844. The van der Waals surface area contributed by atoms with E-state index in [1.807, 2.05) is 0 Å². The first-order chi connectivity index (χ1) is 10.00. The highest BCUT2D eigenvalue weighted by Gasteiger charge is 2.30. The van der Waals surface area contributed by atoms with Gasteiger partial charge in [0.2, 0.25) is 0 Å². The predicted molar refractivity (Wildman–Crippen MR) is 73.9 cm³/mol. The molecular weight excluding hydrogens is 321 g/mol. The van der Waals surface area contributed by atoms with Gasteiger partial charge in [-0.1, -0.05) is 12.1 Å². The lowest BCUT2D eigenvalue weighted by Crippen LogP contribution is -2.30. The molecule has 0 saturated carbocycles. The van der Waals surface area contributed by atoms with Gasteiger partial charge in [-0.25, -0.2) is 8.42 Å². The first-order valence-corrected chi connectivity index (χ1v) is 7.84. The second kappa shape index (κ2) is 5.24. The minimum atomic E-state index is -4.56. The zero-order valence-electron chi connectivity index (χ0n) is 11.5. The van der Waals surface area contributed by atoms with Crippen molar-refractivity contribution in [3.63, 3.8) is 0 Å². The summed E-state index contributed by atoms with van der Waals surface area (Å²) in [7, 11) is -3.95. The molecule has 0 unspecified atom stereocenters. The van der Waals surface area contributed by atoms with Crippen molar-refractivity contribution in [3.8, 4) is 11.1 Å². The topological polar surface area (TPSA) is 69.0 Å². The molecule has 0 amide bonds. The van der Waals surface area contributed by atoms with Gasteiger partial charge in [0, 0.05) is 0 Å². The van der Waals surface area contributed by atoms with Crippen molar-refractivity contribution in [3.05, 3.63) is 51.9 Å². The molecular formula is C13H11F3N2O3S. The average molecular weight is 332 g/mol. The van der Waals surface area contributed by atoms with Gasteiger partial charge in [0.25, 0.3) is 15.6 Å². The van der Waals surface area contributed by atoms with Crippen molar-refractivity contribution in [2.45, 2.75) is 13.1 Å². The third kappa shape index (κ3) is 3.19. The van der Waals surface area contributed by atoms with Crippen molar-refractivity contribution >= 4 is 10.0 Å². The Bertz CT molecular complexity index is 886. The van der Waals surface area contributed by atoms with E-state index in [4.69, 9.17) is 0 Å². The second-order valence-corrected chi connectivity index (χ2v) is 6.50. The molecule has 1 heterocycles. The lowest BCUT2D eigenvalue weighted by atomic mass is 10.0. The summed E-state index contributed by atoms with van der Waals surface area (Å²) in [5, 5.41) is 3.60. The van der Waals surface area contributed by atoms with E-state index in [9.17, 15) is 26.4 Å². The van der Waals surface area contributed by atoms with Gasteiger partial charge in [-0.3, -0.25) is 4.79 Å². The maximum Gasteiger partial charge on any atom is 0.416 e. The summed E-state index contributed by atoms with van der Waals surface area (Å²) >= 11 is 0. The summed E-state index contributed by atoms with van der Waals surface area (Å²) in [5.41, 5.74) is -1.92. The van der Waals surface area contributed by atoms with Gasteiger partial charge >= 0.3 is 6.18 Å². The molecule has 0 fully saturated rings. The van der Waals surface area contributed by atoms with Crippen LogP contribution in [0.2, 0.25) is 0 Å². The van der Waals surface area contributed by atoms with Crippen molar-refractivity contribution in [1.82, 2.24) is 9.19 Å². The Balaban J connectivity index is 2.74. The number of halogens is 3. The third-order valence-corrected chi connectivity index (χ3v) is 3.70. The number of alkyl halides is 3. The van der Waals surface area contributed by atoms with E-state index in [2.05, 4.69) is 5.10 Å². The second-order valence-electron chi connectivity index (χ2n) is 4.69. The normalized spacial score (nSPS) is 12.4. The summed E-state index contributed by atoms with van der Waals surface area (Å²) in [5.74, 6) is 0. The number of nitrogens with zero attached hydrogens (tertiary/aromatic N) is 2. The van der Waals surface area contributed by atoms with Crippen LogP contribution < -0.4 is 5.56 Å². The molecule has 1 aromatic heterocycles. The van der Waals surface area contributed by atoms with Crippen molar-refractivity contribution in [2.75, 3.05) is 6.26 Å². The molecule has 0 atom stereocenters. The molecule has 0 N–H and O–H groups in total. The molecule has 0 spiro atoms. The van der Waals surface area contributed by atoms with Crippen molar-refractivity contribution in [1.29, 1.82) is 0 Å². The standard InChI is InChI=1S/C13H11F3N2O3S/c1-8-6-11(12(19)18(17-8)22(2,20)21)9-4-3-5-10(7-9)13(14,15)16/h3-7H,1-2H3. The Labute approximate surface area is 124 Å². The van der Waals surface area contributed by atoms with E-state index in [0.29, 0.717) is 0 Å². The van der Waals surface area contributed by atoms with Crippen LogP contribution in [0.1, 0.15) is 11.3 Å². The minimum absolute atomic E-state index is 0.0253. The van der Waals surface area contributed by atoms with Crippen LogP contribution in [0.25, 0.3) is 11.1 Å². The molecule has 118 valence electrons. The lowest BCUT2D eigenvalue weighted by molar-refractivity contribution is -0.137. The van der Waals surface area contributed by atoms with Gasteiger partial charge in [-0.05, 0) is 30.7 Å². The highest BCUT2D eigenvalue weighted by molar-refractivity contribution is 7.89. The van der Waals surface area contributed by atoms with E-state index in [1.54, 1.807) is 0 Å². The molecule has 0 aliphatic rings. The predicted octanol–water partition coefficient (Wildman–Crippen LogP) is 2.05. The zero-order valence-corrected chi connectivity index (χ0v) is 12.4. The summed E-state index contributed by atoms with van der Waals surface area (Å²) < 4.78 is 61.6.